The molecule has 0 radical (unpaired) electrons. The molecule has 2 aliphatic heterocycles. The molecule has 2 fully saturated rings. The van der Waals surface area contributed by atoms with Gasteiger partial charge in [0.2, 0.25) is 10.0 Å². The van der Waals surface area contributed by atoms with Gasteiger partial charge in [-0.2, -0.15) is 0 Å². The molecule has 0 bridgehead atoms. The summed E-state index contributed by atoms with van der Waals surface area (Å²) in [7, 11) is -3.96. The Morgan fingerprint density at radius 3 is 2.05 bits per heavy atom. The molecule has 11 nitrogen and oxygen atoms in total. The maximum Gasteiger partial charge on any atom is 0.297 e. The molecule has 39 heavy (non-hydrogen) atoms. The Kier molecular flexibility index (Phi) is 7.57. The number of piperazine rings is 1. The Balaban J connectivity index is 1.50. The van der Waals surface area contributed by atoms with Crippen molar-refractivity contribution in [2.75, 3.05) is 31.2 Å². The number of halogens is 1. The zero-order valence-corrected chi connectivity index (χ0v) is 23.0. The monoisotopic (exact) mass is 615 g/mol. The number of carbonyl (C=O) groups excluding carboxylic acids is 2. The van der Waals surface area contributed by atoms with Crippen LogP contribution in [0.15, 0.2) is 82.2 Å². The van der Waals surface area contributed by atoms with E-state index in [-0.39, 0.29) is 10.6 Å². The molecule has 13 heteroatoms. The first-order valence-electron chi connectivity index (χ1n) is 12.1. The third kappa shape index (κ3) is 5.61. The van der Waals surface area contributed by atoms with E-state index in [1.807, 2.05) is 12.1 Å². The summed E-state index contributed by atoms with van der Waals surface area (Å²) < 4.78 is 29.1. The Morgan fingerprint density at radius 1 is 0.923 bits per heavy atom. The second kappa shape index (κ2) is 10.8. The molecule has 2 heterocycles. The molecule has 0 aromatic heterocycles. The predicted octanol–water partition coefficient (Wildman–Crippen LogP) is 2.34. The van der Waals surface area contributed by atoms with Gasteiger partial charge in [0.15, 0.2) is 12.6 Å². The smallest absolute Gasteiger partial charge is 0.297 e. The van der Waals surface area contributed by atoms with E-state index < -0.39 is 45.1 Å². The van der Waals surface area contributed by atoms with Crippen LogP contribution < -0.4 is 25.4 Å². The lowest BCUT2D eigenvalue weighted by Gasteiger charge is -2.56. The van der Waals surface area contributed by atoms with E-state index in [1.165, 1.54) is 24.3 Å². The van der Waals surface area contributed by atoms with Crippen molar-refractivity contribution in [1.29, 1.82) is 0 Å². The minimum absolute atomic E-state index is 0.156. The number of hydrogen-bond acceptors (Lipinski definition) is 8. The highest BCUT2D eigenvalue weighted by Gasteiger charge is 2.52. The van der Waals surface area contributed by atoms with Gasteiger partial charge in [-0.3, -0.25) is 20.2 Å². The number of carbonyl (C=O) groups is 2. The van der Waals surface area contributed by atoms with Crippen LogP contribution in [0.4, 0.5) is 5.69 Å². The zero-order chi connectivity index (χ0) is 27.8. The molecule has 5 rings (SSSR count). The van der Waals surface area contributed by atoms with Gasteiger partial charge in [0.1, 0.15) is 17.5 Å². The summed E-state index contributed by atoms with van der Waals surface area (Å²) in [5.41, 5.74) is 0.589. The Morgan fingerprint density at radius 2 is 1.49 bits per heavy atom. The van der Waals surface area contributed by atoms with Crippen LogP contribution in [-0.4, -0.2) is 57.2 Å². The first-order chi connectivity index (χ1) is 18.6. The van der Waals surface area contributed by atoms with E-state index in [2.05, 4.69) is 26.6 Å². The lowest BCUT2D eigenvalue weighted by molar-refractivity contribution is -0.918. The van der Waals surface area contributed by atoms with E-state index in [1.54, 1.807) is 36.4 Å². The number of amides is 2. The fraction of sp³-hybridized carbons (Fsp3) is 0.231. The molecule has 2 amide bonds. The van der Waals surface area contributed by atoms with E-state index in [4.69, 9.17) is 9.88 Å². The van der Waals surface area contributed by atoms with Crippen molar-refractivity contribution < 1.29 is 27.4 Å². The second-order valence-electron chi connectivity index (χ2n) is 9.38. The van der Waals surface area contributed by atoms with Gasteiger partial charge in [0.05, 0.1) is 23.7 Å². The SMILES string of the molecule is NS(=O)(=O)c1ccc(N2C(=O)C[N+]([O-])(C3CNCNC3)C(c3ccc(Oc4ccc(Br)cc4)cc3)C2=O)cc1. The van der Waals surface area contributed by atoms with E-state index in [9.17, 15) is 23.2 Å². The number of hydrogen-bond donors (Lipinski definition) is 3. The van der Waals surface area contributed by atoms with Crippen LogP contribution >= 0.6 is 15.9 Å². The van der Waals surface area contributed by atoms with Gasteiger partial charge in [-0.25, -0.2) is 18.5 Å². The number of primary sulfonamides is 1. The fourth-order valence-corrected chi connectivity index (χ4v) is 5.68. The molecule has 2 unspecified atom stereocenters. The first kappa shape index (κ1) is 27.4. The van der Waals surface area contributed by atoms with Crippen molar-refractivity contribution in [3.05, 3.63) is 88.0 Å². The number of hydroxylamine groups is 3. The lowest BCUT2D eigenvalue weighted by atomic mass is 9.96. The Labute approximate surface area is 233 Å². The minimum Gasteiger partial charge on any atom is -0.631 e. The molecule has 0 spiro atoms. The number of rotatable bonds is 6. The average Bonchev–Trinajstić information content (AvgIpc) is 2.91. The molecular formula is C26H26BrN5O6S. The Bertz CT molecular complexity index is 1480. The molecule has 2 atom stereocenters. The third-order valence-electron chi connectivity index (χ3n) is 6.82. The van der Waals surface area contributed by atoms with Crippen molar-refractivity contribution >= 4 is 43.5 Å². The van der Waals surface area contributed by atoms with Gasteiger partial charge in [-0.05, 0) is 72.8 Å². The molecule has 3 aromatic rings. The lowest BCUT2D eigenvalue weighted by Crippen LogP contribution is -2.71. The molecule has 0 aliphatic carbocycles. The van der Waals surface area contributed by atoms with Crippen molar-refractivity contribution in [2.24, 2.45) is 5.14 Å². The highest BCUT2D eigenvalue weighted by Crippen LogP contribution is 2.39. The van der Waals surface area contributed by atoms with Crippen LogP contribution in [0.25, 0.3) is 0 Å². The van der Waals surface area contributed by atoms with Crippen LogP contribution in [0.2, 0.25) is 0 Å². The predicted molar refractivity (Wildman–Crippen MR) is 147 cm³/mol. The number of nitrogens with zero attached hydrogens (tertiary/aromatic N) is 2. The van der Waals surface area contributed by atoms with Crippen LogP contribution in [0.1, 0.15) is 11.6 Å². The van der Waals surface area contributed by atoms with Crippen molar-refractivity contribution in [1.82, 2.24) is 10.6 Å². The topological polar surface area (TPSA) is 154 Å². The van der Waals surface area contributed by atoms with Gasteiger partial charge < -0.3 is 14.6 Å². The summed E-state index contributed by atoms with van der Waals surface area (Å²) in [5.74, 6) is -0.235. The highest BCUT2D eigenvalue weighted by atomic mass is 79.9. The fourth-order valence-electron chi connectivity index (χ4n) is 4.90. The van der Waals surface area contributed by atoms with Gasteiger partial charge in [-0.1, -0.05) is 15.9 Å². The van der Waals surface area contributed by atoms with Gasteiger partial charge in [0.25, 0.3) is 11.8 Å². The quantitative estimate of drug-likeness (QED) is 0.217. The molecule has 3 aromatic carbocycles. The highest BCUT2D eigenvalue weighted by molar-refractivity contribution is 9.10. The maximum atomic E-state index is 14.5. The van der Waals surface area contributed by atoms with E-state index in [0.29, 0.717) is 36.8 Å². The summed E-state index contributed by atoms with van der Waals surface area (Å²) in [6.07, 6.45) is 0. The number of nitrogens with one attached hydrogen (secondary N) is 2. The molecule has 2 aliphatic rings. The number of sulfonamides is 1. The van der Waals surface area contributed by atoms with Crippen molar-refractivity contribution in [2.45, 2.75) is 17.0 Å². The number of benzene rings is 3. The first-order valence-corrected chi connectivity index (χ1v) is 14.4. The summed E-state index contributed by atoms with van der Waals surface area (Å²) in [6.45, 7) is 0.717. The van der Waals surface area contributed by atoms with Crippen LogP contribution in [0.3, 0.4) is 0 Å². The normalized spacial score (nSPS) is 22.6. The standard InChI is InChI=1S/C26H26BrN5O6S/c27-18-3-9-22(10-4-18)38-21-7-1-17(2-8-21)25-26(34)31(19-5-11-23(12-6-19)39(28,36)37)24(33)15-32(25,35)20-13-29-16-30-14-20/h1-12,20,25,29-30H,13-16H2,(H2,28,36,37). The van der Waals surface area contributed by atoms with E-state index in [0.717, 1.165) is 9.37 Å². The Hall–Kier alpha value is -3.17. The van der Waals surface area contributed by atoms with Crippen LogP contribution in [0.5, 0.6) is 11.5 Å². The van der Waals surface area contributed by atoms with Crippen molar-refractivity contribution in [3.8, 4) is 11.5 Å². The number of imide groups is 1. The van der Waals surface area contributed by atoms with Gasteiger partial charge in [0, 0.05) is 16.7 Å². The number of anilines is 1. The summed E-state index contributed by atoms with van der Waals surface area (Å²) in [4.78, 5) is 28.0. The molecular weight excluding hydrogens is 590 g/mol. The second-order valence-corrected chi connectivity index (χ2v) is 11.9. The number of ether oxygens (including phenoxy) is 1. The summed E-state index contributed by atoms with van der Waals surface area (Å²) in [6, 6.07) is 17.2. The van der Waals surface area contributed by atoms with Gasteiger partial charge in [-0.15, -0.1) is 0 Å². The average molecular weight is 616 g/mol. The van der Waals surface area contributed by atoms with Gasteiger partial charge >= 0.3 is 0 Å². The molecule has 204 valence electrons. The largest absolute Gasteiger partial charge is 0.631 e. The molecule has 0 saturated carbocycles. The van der Waals surface area contributed by atoms with Crippen LogP contribution in [-0.2, 0) is 19.6 Å². The zero-order valence-electron chi connectivity index (χ0n) is 20.6. The maximum absolute atomic E-state index is 14.5. The third-order valence-corrected chi connectivity index (χ3v) is 8.28. The van der Waals surface area contributed by atoms with E-state index >= 15 is 0 Å². The molecule has 2 saturated heterocycles. The number of quaternary nitrogens is 1. The van der Waals surface area contributed by atoms with Crippen molar-refractivity contribution in [3.63, 3.8) is 0 Å². The number of nitrogens with two attached hydrogens (primary N) is 1. The minimum atomic E-state index is -3.96. The summed E-state index contributed by atoms with van der Waals surface area (Å²) >= 11 is 3.38. The summed E-state index contributed by atoms with van der Waals surface area (Å²) in [5, 5.41) is 25.9. The van der Waals surface area contributed by atoms with Crippen LogP contribution in [0, 0.1) is 5.21 Å². The molecule has 4 N–H and O–H groups in total.